The van der Waals surface area contributed by atoms with Crippen LogP contribution in [0, 0.1) is 0 Å². The maximum atomic E-state index is 11.5. The van der Waals surface area contributed by atoms with Gasteiger partial charge in [-0.05, 0) is 25.7 Å². The molecule has 0 aliphatic heterocycles. The van der Waals surface area contributed by atoms with Crippen LogP contribution < -0.4 is 0 Å². The summed E-state index contributed by atoms with van der Waals surface area (Å²) >= 11 is 0. The molecule has 0 aromatic rings. The van der Waals surface area contributed by atoms with Crippen LogP contribution in [-0.2, 0) is 4.79 Å². The van der Waals surface area contributed by atoms with E-state index in [0.717, 1.165) is 17.6 Å². The SMILES string of the molecule is CCCCCCCCCCCCCCCCCC[N+](C)(CCCCCCCCCCCCCCCCCC)CC(=O)O.Cl.[NaH]. The average molecular weight is 656 g/mol. The van der Waals surface area contributed by atoms with Crippen LogP contribution in [0.4, 0.5) is 0 Å². The minimum atomic E-state index is -0.634. The molecule has 0 fully saturated rings. The Morgan fingerprint density at radius 2 is 0.591 bits per heavy atom. The predicted octanol–water partition coefficient (Wildman–Crippen LogP) is 12.8. The molecule has 0 heterocycles. The molecule has 0 saturated carbocycles. The number of rotatable bonds is 36. The van der Waals surface area contributed by atoms with Gasteiger partial charge in [-0.1, -0.05) is 194 Å². The zero-order valence-corrected chi connectivity index (χ0v) is 30.8. The molecule has 1 N–H and O–H groups in total. The summed E-state index contributed by atoms with van der Waals surface area (Å²) in [6.07, 6.45) is 44.4. The fraction of sp³-hybridized carbons (Fsp3) is 0.974. The van der Waals surface area contributed by atoms with Crippen molar-refractivity contribution >= 4 is 47.9 Å². The molecule has 262 valence electrons. The molecule has 0 radical (unpaired) electrons. The van der Waals surface area contributed by atoms with Crippen LogP contribution in [0.25, 0.3) is 0 Å². The maximum absolute atomic E-state index is 11.5. The number of hydrogen-bond donors (Lipinski definition) is 1. The average Bonchev–Trinajstić information content (AvgIpc) is 2.96. The van der Waals surface area contributed by atoms with E-state index in [2.05, 4.69) is 20.9 Å². The molecule has 3 nitrogen and oxygen atoms in total. The Kier molecular flexibility index (Phi) is 44.5. The van der Waals surface area contributed by atoms with Gasteiger partial charge >= 0.3 is 35.5 Å². The third-order valence-corrected chi connectivity index (χ3v) is 9.62. The van der Waals surface area contributed by atoms with Crippen molar-refractivity contribution in [3.05, 3.63) is 0 Å². The van der Waals surface area contributed by atoms with Gasteiger partial charge < -0.3 is 9.59 Å². The van der Waals surface area contributed by atoms with Gasteiger partial charge in [-0.3, -0.25) is 0 Å². The first-order chi connectivity index (χ1) is 20.5. The summed E-state index contributed by atoms with van der Waals surface area (Å²) in [5.41, 5.74) is 0. The van der Waals surface area contributed by atoms with Crippen molar-refractivity contribution in [2.45, 2.75) is 219 Å². The third-order valence-electron chi connectivity index (χ3n) is 9.62. The second kappa shape index (κ2) is 39.9. The molecule has 0 aliphatic rings. The number of aliphatic carboxylic acids is 1. The summed E-state index contributed by atoms with van der Waals surface area (Å²) in [7, 11) is 2.19. The number of quaternary nitrogens is 1. The van der Waals surface area contributed by atoms with Gasteiger partial charge in [-0.25, -0.2) is 4.79 Å². The number of carbonyl (C=O) groups is 1. The standard InChI is InChI=1S/C39H79NO2.ClH.Na.H/c1-4-6-8-10-12-14-16-18-20-22-24-26-28-30-32-34-36-40(3,38-39(41)42)37-35-33-31-29-27-25-23-21-19-17-15-13-11-9-7-5-2;;;/h4-38H2,1-3H3;1H;;/p+1. The van der Waals surface area contributed by atoms with Gasteiger partial charge in [0.2, 0.25) is 0 Å². The first kappa shape index (κ1) is 49.1. The molecule has 0 aromatic carbocycles. The summed E-state index contributed by atoms with van der Waals surface area (Å²) in [5, 5.41) is 9.50. The fourth-order valence-electron chi connectivity index (χ4n) is 6.68. The van der Waals surface area contributed by atoms with E-state index < -0.39 is 5.97 Å². The Morgan fingerprint density at radius 1 is 0.409 bits per heavy atom. The molecule has 0 aromatic heterocycles. The molecule has 0 unspecified atom stereocenters. The van der Waals surface area contributed by atoms with Gasteiger partial charge in [0.25, 0.3) is 0 Å². The van der Waals surface area contributed by atoms with Crippen molar-refractivity contribution in [1.82, 2.24) is 0 Å². The molecule has 0 atom stereocenters. The van der Waals surface area contributed by atoms with E-state index in [0.29, 0.717) is 0 Å². The van der Waals surface area contributed by atoms with E-state index in [1.165, 1.54) is 205 Å². The van der Waals surface area contributed by atoms with Crippen LogP contribution in [0.2, 0.25) is 0 Å². The van der Waals surface area contributed by atoms with Crippen molar-refractivity contribution < 1.29 is 14.4 Å². The van der Waals surface area contributed by atoms with E-state index in [1.807, 2.05) is 0 Å². The van der Waals surface area contributed by atoms with E-state index in [9.17, 15) is 9.90 Å². The Hall–Kier alpha value is 0.720. The summed E-state index contributed by atoms with van der Waals surface area (Å²) in [6, 6.07) is 0. The number of halogens is 1. The zero-order valence-electron chi connectivity index (χ0n) is 30.0. The minimum absolute atomic E-state index is 0. The molecule has 0 saturated heterocycles. The van der Waals surface area contributed by atoms with Crippen LogP contribution in [0.15, 0.2) is 0 Å². The molecule has 0 bridgehead atoms. The number of carboxylic acid groups (broad SMARTS) is 1. The molecule has 0 rings (SSSR count). The Morgan fingerprint density at radius 3 is 0.773 bits per heavy atom. The van der Waals surface area contributed by atoms with Crippen LogP contribution in [-0.4, -0.2) is 71.8 Å². The van der Waals surface area contributed by atoms with Gasteiger partial charge in [0.05, 0.1) is 20.1 Å². The molecule has 5 heteroatoms. The summed E-state index contributed by atoms with van der Waals surface area (Å²) < 4.78 is 0.729. The van der Waals surface area contributed by atoms with Gasteiger partial charge in [0.15, 0.2) is 6.54 Å². The number of nitrogens with zero attached hydrogens (tertiary/aromatic N) is 1. The van der Waals surface area contributed by atoms with Crippen LogP contribution in [0.3, 0.4) is 0 Å². The van der Waals surface area contributed by atoms with E-state index in [-0.39, 0.29) is 48.5 Å². The van der Waals surface area contributed by atoms with Crippen molar-refractivity contribution in [2.24, 2.45) is 0 Å². The van der Waals surface area contributed by atoms with Crippen molar-refractivity contribution in [2.75, 3.05) is 26.7 Å². The fourth-order valence-corrected chi connectivity index (χ4v) is 6.68. The van der Waals surface area contributed by atoms with Crippen molar-refractivity contribution in [3.8, 4) is 0 Å². The molecular weight excluding hydrogens is 573 g/mol. The van der Waals surface area contributed by atoms with Crippen LogP contribution in [0.1, 0.15) is 219 Å². The molecule has 0 spiro atoms. The first-order valence-corrected chi connectivity index (χ1v) is 19.6. The normalized spacial score (nSPS) is 11.3. The topological polar surface area (TPSA) is 37.3 Å². The number of likely N-dealkylation sites (N-methyl/N-ethyl adjacent to an activating group) is 1. The van der Waals surface area contributed by atoms with Crippen molar-refractivity contribution in [1.29, 1.82) is 0 Å². The monoisotopic (exact) mass is 655 g/mol. The molecule has 0 amide bonds. The quantitative estimate of drug-likeness (QED) is 0.0414. The molecular formula is C39H82ClNNaO2+. The predicted molar refractivity (Wildman–Crippen MR) is 202 cm³/mol. The molecule has 0 aliphatic carbocycles. The van der Waals surface area contributed by atoms with Gasteiger partial charge in [-0.2, -0.15) is 0 Å². The Bertz CT molecular complexity index is 512. The Balaban J connectivity index is -0.00000840. The second-order valence-electron chi connectivity index (χ2n) is 14.2. The summed E-state index contributed by atoms with van der Waals surface area (Å²) in [6.45, 7) is 6.94. The van der Waals surface area contributed by atoms with E-state index in [1.54, 1.807) is 0 Å². The third kappa shape index (κ3) is 38.9. The van der Waals surface area contributed by atoms with Gasteiger partial charge in [-0.15, -0.1) is 12.4 Å². The summed E-state index contributed by atoms with van der Waals surface area (Å²) in [5.74, 6) is -0.634. The molecule has 44 heavy (non-hydrogen) atoms. The van der Waals surface area contributed by atoms with Crippen LogP contribution in [0.5, 0.6) is 0 Å². The van der Waals surface area contributed by atoms with E-state index in [4.69, 9.17) is 0 Å². The second-order valence-corrected chi connectivity index (χ2v) is 14.2. The number of unbranched alkanes of at least 4 members (excludes halogenated alkanes) is 30. The van der Waals surface area contributed by atoms with Crippen molar-refractivity contribution in [3.63, 3.8) is 0 Å². The Labute approximate surface area is 306 Å². The van der Waals surface area contributed by atoms with Gasteiger partial charge in [0.1, 0.15) is 0 Å². The number of carboxylic acids is 1. The van der Waals surface area contributed by atoms with Gasteiger partial charge in [0, 0.05) is 0 Å². The summed E-state index contributed by atoms with van der Waals surface area (Å²) in [4.78, 5) is 11.5. The first-order valence-electron chi connectivity index (χ1n) is 19.6. The number of hydrogen-bond acceptors (Lipinski definition) is 1. The van der Waals surface area contributed by atoms with Crippen LogP contribution >= 0.6 is 12.4 Å². The van der Waals surface area contributed by atoms with E-state index >= 15 is 0 Å². The zero-order chi connectivity index (χ0) is 30.8.